The molecule has 1 fully saturated rings. The molecule has 0 radical (unpaired) electrons. The molecule has 2 N–H and O–H groups in total. The lowest BCUT2D eigenvalue weighted by atomic mass is 10.1. The van der Waals surface area contributed by atoms with Crippen molar-refractivity contribution in [3.8, 4) is 11.5 Å². The third-order valence-electron chi connectivity index (χ3n) is 4.86. The van der Waals surface area contributed by atoms with Gasteiger partial charge in [-0.1, -0.05) is 0 Å². The van der Waals surface area contributed by atoms with Gasteiger partial charge in [-0.2, -0.15) is 4.98 Å². The first-order chi connectivity index (χ1) is 14.3. The maximum Gasteiger partial charge on any atom is 0.410 e. The Bertz CT molecular complexity index is 1020. The van der Waals surface area contributed by atoms with Crippen molar-refractivity contribution in [1.82, 2.24) is 19.8 Å². The molecule has 1 aliphatic rings. The van der Waals surface area contributed by atoms with E-state index in [9.17, 15) is 4.79 Å². The molecule has 2 aromatic heterocycles. The van der Waals surface area contributed by atoms with E-state index in [1.54, 1.807) is 11.1 Å². The van der Waals surface area contributed by atoms with Crippen molar-refractivity contribution in [2.75, 3.05) is 31.9 Å². The molecule has 0 unspecified atom stereocenters. The topological polar surface area (TPSA) is 97.7 Å². The number of fused-ring (bicyclic) bond motifs is 1. The number of oxazole rings is 1. The Morgan fingerprint density at radius 2 is 1.97 bits per heavy atom. The largest absolute Gasteiger partial charge is 0.444 e. The Morgan fingerprint density at radius 3 is 2.67 bits per heavy atom. The van der Waals surface area contributed by atoms with Crippen molar-refractivity contribution < 1.29 is 13.9 Å². The van der Waals surface area contributed by atoms with E-state index in [2.05, 4.69) is 14.9 Å². The Hall–Kier alpha value is -3.13. The fourth-order valence-corrected chi connectivity index (χ4v) is 3.50. The smallest absolute Gasteiger partial charge is 0.410 e. The molecule has 1 aromatic carbocycles. The Kier molecular flexibility index (Phi) is 5.34. The lowest BCUT2D eigenvalue weighted by molar-refractivity contribution is 0.0139. The van der Waals surface area contributed by atoms with Crippen LogP contribution in [0, 0.1) is 0 Å². The van der Waals surface area contributed by atoms with Crippen LogP contribution in [0.5, 0.6) is 0 Å². The Labute approximate surface area is 175 Å². The molecule has 8 heteroatoms. The van der Waals surface area contributed by atoms with Gasteiger partial charge in [-0.05, 0) is 56.7 Å². The van der Waals surface area contributed by atoms with E-state index in [4.69, 9.17) is 14.9 Å². The zero-order valence-electron chi connectivity index (χ0n) is 17.6. The van der Waals surface area contributed by atoms with E-state index in [1.807, 2.05) is 51.1 Å². The number of hydrogen-bond acceptors (Lipinski definition) is 7. The van der Waals surface area contributed by atoms with Crippen LogP contribution in [0.15, 0.2) is 40.9 Å². The summed E-state index contributed by atoms with van der Waals surface area (Å²) in [5.74, 6) is 0.506. The number of ether oxygens (including phenoxy) is 1. The van der Waals surface area contributed by atoms with Gasteiger partial charge in [0, 0.05) is 50.2 Å². The third kappa shape index (κ3) is 4.71. The van der Waals surface area contributed by atoms with Crippen LogP contribution >= 0.6 is 0 Å². The lowest BCUT2D eigenvalue weighted by Gasteiger charge is -2.35. The van der Waals surface area contributed by atoms with Gasteiger partial charge >= 0.3 is 6.09 Å². The second kappa shape index (κ2) is 7.95. The van der Waals surface area contributed by atoms with Crippen molar-refractivity contribution in [2.45, 2.75) is 32.9 Å². The van der Waals surface area contributed by atoms with E-state index in [0.717, 1.165) is 30.8 Å². The fourth-order valence-electron chi connectivity index (χ4n) is 3.50. The molecule has 0 saturated carbocycles. The molecule has 30 heavy (non-hydrogen) atoms. The van der Waals surface area contributed by atoms with Gasteiger partial charge in [0.15, 0.2) is 11.2 Å². The average Bonchev–Trinajstić information content (AvgIpc) is 3.11. The number of amides is 1. The number of rotatable bonds is 3. The minimum atomic E-state index is -0.480. The number of nitrogens with two attached hydrogens (primary N) is 1. The van der Waals surface area contributed by atoms with Crippen molar-refractivity contribution >= 4 is 23.0 Å². The molecule has 158 valence electrons. The van der Waals surface area contributed by atoms with Gasteiger partial charge in [0.25, 0.3) is 0 Å². The number of hydrogen-bond donors (Lipinski definition) is 1. The quantitative estimate of drug-likeness (QED) is 0.661. The Morgan fingerprint density at radius 1 is 1.20 bits per heavy atom. The van der Waals surface area contributed by atoms with E-state index >= 15 is 0 Å². The van der Waals surface area contributed by atoms with Gasteiger partial charge in [0.2, 0.25) is 5.89 Å². The third-order valence-corrected chi connectivity index (χ3v) is 4.86. The first-order valence-corrected chi connectivity index (χ1v) is 10.1. The van der Waals surface area contributed by atoms with Gasteiger partial charge < -0.3 is 19.8 Å². The maximum absolute atomic E-state index is 12.2. The molecule has 0 bridgehead atoms. The normalized spacial score (nSPS) is 15.5. The van der Waals surface area contributed by atoms with Gasteiger partial charge in [0.05, 0.1) is 0 Å². The lowest BCUT2D eigenvalue weighted by Crippen LogP contribution is -2.49. The molecule has 3 heterocycles. The van der Waals surface area contributed by atoms with Crippen molar-refractivity contribution in [2.24, 2.45) is 0 Å². The summed E-state index contributed by atoms with van der Waals surface area (Å²) in [6.07, 6.45) is 1.44. The number of nitrogens with zero attached hydrogens (tertiary/aromatic N) is 4. The summed E-state index contributed by atoms with van der Waals surface area (Å²) in [6, 6.07) is 9.52. The predicted octanol–water partition coefficient (Wildman–Crippen LogP) is 3.52. The van der Waals surface area contributed by atoms with Crippen molar-refractivity contribution in [3.63, 3.8) is 0 Å². The highest BCUT2D eigenvalue weighted by Gasteiger charge is 2.26. The van der Waals surface area contributed by atoms with Crippen LogP contribution < -0.4 is 5.73 Å². The number of nitrogen functional groups attached to an aromatic ring is 1. The van der Waals surface area contributed by atoms with Gasteiger partial charge in [0.1, 0.15) is 5.60 Å². The molecule has 3 aromatic rings. The highest BCUT2D eigenvalue weighted by molar-refractivity contribution is 5.73. The first-order valence-electron chi connectivity index (χ1n) is 10.1. The summed E-state index contributed by atoms with van der Waals surface area (Å²) < 4.78 is 11.3. The highest BCUT2D eigenvalue weighted by Crippen LogP contribution is 2.26. The zero-order valence-corrected chi connectivity index (χ0v) is 17.6. The molecule has 0 spiro atoms. The number of benzene rings is 1. The monoisotopic (exact) mass is 409 g/mol. The van der Waals surface area contributed by atoms with Gasteiger partial charge in [-0.3, -0.25) is 4.90 Å². The molecular formula is C22H27N5O3. The number of carbonyl (C=O) groups excluding carboxylic acids is 1. The number of carbonyl (C=O) groups is 1. The molecule has 1 saturated heterocycles. The minimum Gasteiger partial charge on any atom is -0.444 e. The minimum absolute atomic E-state index is 0.252. The first kappa shape index (κ1) is 20.2. The SMILES string of the molecule is CC(C)(C)OC(=O)N1CCN(Cc2cc(N)cc(-c3nc4ncccc4o3)c2)CC1. The van der Waals surface area contributed by atoms with Crippen LogP contribution in [-0.4, -0.2) is 57.6 Å². The summed E-state index contributed by atoms with van der Waals surface area (Å²) in [6.45, 7) is 9.20. The van der Waals surface area contributed by atoms with Crippen LogP contribution in [0.1, 0.15) is 26.3 Å². The van der Waals surface area contributed by atoms with Crippen molar-refractivity contribution in [1.29, 1.82) is 0 Å². The molecule has 0 atom stereocenters. The molecule has 8 nitrogen and oxygen atoms in total. The number of aromatic nitrogens is 2. The van der Waals surface area contributed by atoms with E-state index in [0.29, 0.717) is 35.9 Å². The van der Waals surface area contributed by atoms with E-state index in [-0.39, 0.29) is 6.09 Å². The number of piperazine rings is 1. The fraction of sp³-hybridized carbons (Fsp3) is 0.409. The van der Waals surface area contributed by atoms with Crippen LogP contribution in [-0.2, 0) is 11.3 Å². The summed E-state index contributed by atoms with van der Waals surface area (Å²) in [5, 5.41) is 0. The molecule has 1 aliphatic heterocycles. The second-order valence-corrected chi connectivity index (χ2v) is 8.55. The van der Waals surface area contributed by atoms with Gasteiger partial charge in [-0.25, -0.2) is 9.78 Å². The van der Waals surface area contributed by atoms with Gasteiger partial charge in [-0.15, -0.1) is 0 Å². The molecular weight excluding hydrogens is 382 g/mol. The van der Waals surface area contributed by atoms with Crippen LogP contribution in [0.25, 0.3) is 22.7 Å². The van der Waals surface area contributed by atoms with Crippen LogP contribution in [0.2, 0.25) is 0 Å². The average molecular weight is 409 g/mol. The maximum atomic E-state index is 12.2. The van der Waals surface area contributed by atoms with Crippen LogP contribution in [0.3, 0.4) is 0 Å². The summed E-state index contributed by atoms with van der Waals surface area (Å²) in [5.41, 5.74) is 9.45. The summed E-state index contributed by atoms with van der Waals surface area (Å²) >= 11 is 0. The standard InChI is InChI=1S/C22H27N5O3/c1-22(2,3)30-21(28)27-9-7-26(8-10-27)14-15-11-16(13-17(23)12-15)20-25-19-18(29-20)5-4-6-24-19/h4-6,11-13H,7-10,14,23H2,1-3H3. The van der Waals surface area contributed by atoms with E-state index in [1.165, 1.54) is 0 Å². The molecule has 4 rings (SSSR count). The zero-order chi connectivity index (χ0) is 21.3. The molecule has 0 aliphatic carbocycles. The number of anilines is 1. The van der Waals surface area contributed by atoms with E-state index < -0.39 is 5.60 Å². The molecule has 1 amide bonds. The summed E-state index contributed by atoms with van der Waals surface area (Å²) in [7, 11) is 0. The Balaban J connectivity index is 1.43. The van der Waals surface area contributed by atoms with Crippen LogP contribution in [0.4, 0.5) is 10.5 Å². The predicted molar refractivity (Wildman–Crippen MR) is 115 cm³/mol. The highest BCUT2D eigenvalue weighted by atomic mass is 16.6. The summed E-state index contributed by atoms with van der Waals surface area (Å²) in [4.78, 5) is 25.0. The second-order valence-electron chi connectivity index (χ2n) is 8.55. The number of pyridine rings is 1. The van der Waals surface area contributed by atoms with Crippen molar-refractivity contribution in [3.05, 3.63) is 42.1 Å².